The Morgan fingerprint density at radius 3 is 2.41 bits per heavy atom. The Labute approximate surface area is 152 Å². The van der Waals surface area contributed by atoms with Crippen molar-refractivity contribution < 1.29 is 13.2 Å². The highest BCUT2D eigenvalue weighted by atomic mass is 19.1. The Morgan fingerprint density at radius 2 is 1.70 bits per heavy atom. The molecule has 0 aliphatic carbocycles. The van der Waals surface area contributed by atoms with Gasteiger partial charge in [-0.05, 0) is 36.4 Å². The van der Waals surface area contributed by atoms with Crippen LogP contribution in [-0.4, -0.2) is 22.0 Å². The second-order valence-corrected chi connectivity index (χ2v) is 5.86. The number of nitrogens with one attached hydrogen (secondary N) is 1. The topological polar surface area (TPSA) is 50.7 Å². The average molecular weight is 366 g/mol. The van der Waals surface area contributed by atoms with Gasteiger partial charge in [-0.3, -0.25) is 4.98 Å². The highest BCUT2D eigenvalue weighted by Gasteiger charge is 2.16. The van der Waals surface area contributed by atoms with E-state index in [9.17, 15) is 13.2 Å². The summed E-state index contributed by atoms with van der Waals surface area (Å²) in [4.78, 5) is 12.9. The van der Waals surface area contributed by atoms with Crippen LogP contribution in [0.15, 0.2) is 54.9 Å². The lowest BCUT2D eigenvalue weighted by atomic mass is 10.0. The lowest BCUT2D eigenvalue weighted by Gasteiger charge is -2.11. The van der Waals surface area contributed by atoms with E-state index in [1.54, 1.807) is 31.6 Å². The molecule has 2 aromatic heterocycles. The van der Waals surface area contributed by atoms with E-state index in [4.69, 9.17) is 0 Å². The van der Waals surface area contributed by atoms with Gasteiger partial charge in [-0.1, -0.05) is 0 Å². The molecule has 2 heterocycles. The lowest BCUT2D eigenvalue weighted by molar-refractivity contribution is 0.583. The van der Waals surface area contributed by atoms with Gasteiger partial charge in [-0.2, -0.15) is 0 Å². The normalized spacial score (nSPS) is 11.0. The maximum Gasteiger partial charge on any atom is 0.163 e. The van der Waals surface area contributed by atoms with Crippen molar-refractivity contribution in [1.29, 1.82) is 0 Å². The van der Waals surface area contributed by atoms with Gasteiger partial charge < -0.3 is 5.32 Å². The van der Waals surface area contributed by atoms with Crippen LogP contribution in [0.1, 0.15) is 0 Å². The molecule has 0 saturated heterocycles. The Morgan fingerprint density at radius 1 is 0.889 bits per heavy atom. The first-order valence-corrected chi connectivity index (χ1v) is 8.11. The molecule has 0 amide bonds. The molecule has 7 heteroatoms. The summed E-state index contributed by atoms with van der Waals surface area (Å²) in [6.07, 6.45) is 3.25. The zero-order valence-electron chi connectivity index (χ0n) is 14.2. The molecule has 0 radical (unpaired) electrons. The molecule has 4 aromatic rings. The first-order chi connectivity index (χ1) is 13.1. The second-order valence-electron chi connectivity index (χ2n) is 5.86. The van der Waals surface area contributed by atoms with Crippen LogP contribution >= 0.6 is 0 Å². The standard InChI is InChI=1S/C20H13F3N4/c1-24-20-15-8-17(23)14(13-5-4-12(21)7-16(13)22)9-18(15)26-19(27-20)11-3-2-6-25-10-11/h2-10H,1H3,(H,24,26,27). The van der Waals surface area contributed by atoms with Gasteiger partial charge in [0.05, 0.1) is 5.52 Å². The molecule has 0 unspecified atom stereocenters. The van der Waals surface area contributed by atoms with Gasteiger partial charge in [0.2, 0.25) is 0 Å². The van der Waals surface area contributed by atoms with Crippen molar-refractivity contribution in [3.63, 3.8) is 0 Å². The number of nitrogens with zero attached hydrogens (tertiary/aromatic N) is 3. The molecule has 134 valence electrons. The number of fused-ring (bicyclic) bond motifs is 1. The fourth-order valence-electron chi connectivity index (χ4n) is 2.88. The van der Waals surface area contributed by atoms with Gasteiger partial charge in [0.1, 0.15) is 23.3 Å². The van der Waals surface area contributed by atoms with E-state index >= 15 is 0 Å². The van der Waals surface area contributed by atoms with Gasteiger partial charge in [0.25, 0.3) is 0 Å². The van der Waals surface area contributed by atoms with Crippen LogP contribution in [0.25, 0.3) is 33.4 Å². The van der Waals surface area contributed by atoms with Crippen LogP contribution in [0, 0.1) is 17.5 Å². The number of benzene rings is 2. The average Bonchev–Trinajstić information content (AvgIpc) is 2.68. The Hall–Kier alpha value is -3.48. The van der Waals surface area contributed by atoms with E-state index < -0.39 is 17.5 Å². The summed E-state index contributed by atoms with van der Waals surface area (Å²) in [7, 11) is 1.67. The molecule has 4 nitrogen and oxygen atoms in total. The van der Waals surface area contributed by atoms with E-state index in [2.05, 4.69) is 20.3 Å². The van der Waals surface area contributed by atoms with Crippen molar-refractivity contribution in [2.45, 2.75) is 0 Å². The third-order valence-electron chi connectivity index (χ3n) is 4.16. The summed E-state index contributed by atoms with van der Waals surface area (Å²) in [5.41, 5.74) is 1.07. The van der Waals surface area contributed by atoms with Crippen molar-refractivity contribution in [3.05, 3.63) is 72.3 Å². The Balaban J connectivity index is 1.97. The molecule has 1 N–H and O–H groups in total. The summed E-state index contributed by atoms with van der Waals surface area (Å²) in [6.45, 7) is 0. The Bertz CT molecular complexity index is 1150. The van der Waals surface area contributed by atoms with Crippen molar-refractivity contribution in [2.24, 2.45) is 0 Å². The molecule has 27 heavy (non-hydrogen) atoms. The molecular weight excluding hydrogens is 353 g/mol. The van der Waals surface area contributed by atoms with E-state index in [0.29, 0.717) is 28.1 Å². The highest BCUT2D eigenvalue weighted by molar-refractivity contribution is 5.93. The second kappa shape index (κ2) is 6.68. The highest BCUT2D eigenvalue weighted by Crippen LogP contribution is 2.32. The predicted molar refractivity (Wildman–Crippen MR) is 97.6 cm³/mol. The maximum atomic E-state index is 14.7. The minimum Gasteiger partial charge on any atom is -0.373 e. The van der Waals surface area contributed by atoms with Gasteiger partial charge in [-0.15, -0.1) is 0 Å². The minimum absolute atomic E-state index is 0.00195. The van der Waals surface area contributed by atoms with E-state index in [-0.39, 0.29) is 11.1 Å². The molecule has 0 aliphatic rings. The quantitative estimate of drug-likeness (QED) is 0.565. The SMILES string of the molecule is CNc1nc(-c2cccnc2)nc2cc(-c3ccc(F)cc3F)c(F)cc12. The fraction of sp³-hybridized carbons (Fsp3) is 0.0500. The Kier molecular flexibility index (Phi) is 4.19. The number of halogens is 3. The third kappa shape index (κ3) is 3.08. The number of aromatic nitrogens is 3. The summed E-state index contributed by atoms with van der Waals surface area (Å²) in [6, 6.07) is 9.25. The number of pyridine rings is 1. The summed E-state index contributed by atoms with van der Waals surface area (Å²) >= 11 is 0. The van der Waals surface area contributed by atoms with Crippen molar-refractivity contribution in [3.8, 4) is 22.5 Å². The molecule has 0 atom stereocenters. The third-order valence-corrected chi connectivity index (χ3v) is 4.16. The molecule has 0 spiro atoms. The molecule has 0 saturated carbocycles. The molecule has 0 aliphatic heterocycles. The van der Waals surface area contributed by atoms with Crippen molar-refractivity contribution in [1.82, 2.24) is 15.0 Å². The van der Waals surface area contributed by atoms with Gasteiger partial charge in [-0.25, -0.2) is 23.1 Å². The van der Waals surface area contributed by atoms with Gasteiger partial charge in [0.15, 0.2) is 5.82 Å². The maximum absolute atomic E-state index is 14.7. The summed E-state index contributed by atoms with van der Waals surface area (Å²) in [5, 5.41) is 3.38. The van der Waals surface area contributed by atoms with Crippen molar-refractivity contribution >= 4 is 16.7 Å². The molecular formula is C20H13F3N4. The fourth-order valence-corrected chi connectivity index (χ4v) is 2.88. The summed E-state index contributed by atoms with van der Waals surface area (Å²) in [5.74, 6) is -1.39. The lowest BCUT2D eigenvalue weighted by Crippen LogP contribution is -2.00. The molecule has 0 fully saturated rings. The number of hydrogen-bond donors (Lipinski definition) is 1. The van der Waals surface area contributed by atoms with Crippen LogP contribution < -0.4 is 5.32 Å². The van der Waals surface area contributed by atoms with Gasteiger partial charge in [0, 0.05) is 47.6 Å². The van der Waals surface area contributed by atoms with Crippen LogP contribution in [0.3, 0.4) is 0 Å². The first kappa shape index (κ1) is 17.0. The molecule has 2 aromatic carbocycles. The van der Waals surface area contributed by atoms with Crippen LogP contribution in [0.2, 0.25) is 0 Å². The largest absolute Gasteiger partial charge is 0.373 e. The molecule has 0 bridgehead atoms. The van der Waals surface area contributed by atoms with Crippen molar-refractivity contribution in [2.75, 3.05) is 12.4 Å². The van der Waals surface area contributed by atoms with Crippen LogP contribution in [0.5, 0.6) is 0 Å². The van der Waals surface area contributed by atoms with E-state index in [1.165, 1.54) is 18.2 Å². The number of hydrogen-bond acceptors (Lipinski definition) is 4. The monoisotopic (exact) mass is 366 g/mol. The predicted octanol–water partition coefficient (Wildman–Crippen LogP) is 4.82. The van der Waals surface area contributed by atoms with E-state index in [0.717, 1.165) is 12.1 Å². The number of rotatable bonds is 3. The van der Waals surface area contributed by atoms with Crippen LogP contribution in [0.4, 0.5) is 19.0 Å². The summed E-state index contributed by atoms with van der Waals surface area (Å²) < 4.78 is 42.0. The van der Waals surface area contributed by atoms with Gasteiger partial charge >= 0.3 is 0 Å². The zero-order chi connectivity index (χ0) is 19.0. The first-order valence-electron chi connectivity index (χ1n) is 8.11. The minimum atomic E-state index is -0.844. The van der Waals surface area contributed by atoms with Crippen LogP contribution in [-0.2, 0) is 0 Å². The zero-order valence-corrected chi connectivity index (χ0v) is 14.2. The molecule has 4 rings (SSSR count). The number of anilines is 1. The smallest absolute Gasteiger partial charge is 0.163 e. The van der Waals surface area contributed by atoms with E-state index in [1.807, 2.05) is 0 Å².